The first-order valence-corrected chi connectivity index (χ1v) is 14.6. The molecule has 10 heteroatoms. The molecule has 224 valence electrons. The first kappa shape index (κ1) is 28.8. The Hall–Kier alpha value is -4.28. The van der Waals surface area contributed by atoms with E-state index >= 15 is 0 Å². The molecule has 0 unspecified atom stereocenters. The molecule has 3 aromatic rings. The number of carbonyl (C=O) groups excluding carboxylic acids is 2. The van der Waals surface area contributed by atoms with Gasteiger partial charge in [-0.1, -0.05) is 24.3 Å². The van der Waals surface area contributed by atoms with Gasteiger partial charge in [0.05, 0.1) is 25.0 Å². The molecular formula is C33H35FN4O5. The number of ether oxygens (including phenoxy) is 3. The molecule has 1 saturated heterocycles. The smallest absolute Gasteiger partial charge is 0.262 e. The Bertz CT molecular complexity index is 1550. The van der Waals surface area contributed by atoms with Crippen LogP contribution in [0.3, 0.4) is 0 Å². The van der Waals surface area contributed by atoms with E-state index in [9.17, 15) is 14.0 Å². The zero-order valence-corrected chi connectivity index (χ0v) is 24.4. The lowest BCUT2D eigenvalue weighted by Gasteiger charge is -2.31. The number of carbonyl (C=O) groups is 2. The molecular weight excluding hydrogens is 551 g/mol. The van der Waals surface area contributed by atoms with Crippen molar-refractivity contribution in [1.82, 2.24) is 14.8 Å². The number of fused-ring (bicyclic) bond motifs is 1. The molecule has 43 heavy (non-hydrogen) atoms. The molecule has 0 bridgehead atoms. The van der Waals surface area contributed by atoms with E-state index in [-0.39, 0.29) is 24.8 Å². The summed E-state index contributed by atoms with van der Waals surface area (Å²) in [4.78, 5) is 31.4. The van der Waals surface area contributed by atoms with Crippen LogP contribution in [0, 0.1) is 19.7 Å². The van der Waals surface area contributed by atoms with Crippen molar-refractivity contribution in [3.63, 3.8) is 0 Å². The molecule has 9 nitrogen and oxygen atoms in total. The van der Waals surface area contributed by atoms with Crippen LogP contribution in [0.5, 0.6) is 11.5 Å². The maximum absolute atomic E-state index is 14.1. The summed E-state index contributed by atoms with van der Waals surface area (Å²) in [6.45, 7) is 7.67. The summed E-state index contributed by atoms with van der Waals surface area (Å²) in [5.74, 6) is 0.0461. The third kappa shape index (κ3) is 6.40. The van der Waals surface area contributed by atoms with E-state index in [0.29, 0.717) is 44.2 Å². The van der Waals surface area contributed by atoms with Gasteiger partial charge in [0.1, 0.15) is 12.4 Å². The second kappa shape index (κ2) is 12.5. The standard InChI is InChI=1S/C33H35FN4O5/c1-22-6-7-24(16-23(22)2)28-19-29(25-8-9-30-31(18-25)43-21-42-30)38(35-28)32(39)20-37(11-10-36-12-14-41-15-13-36)33(40)26-4-3-5-27(34)17-26/h3-9,16-18,29H,10-15,19-21H2,1-2H3/t29-/m0/s1. The van der Waals surface area contributed by atoms with E-state index in [1.54, 1.807) is 6.07 Å². The molecule has 3 aliphatic heterocycles. The normalized spacial score (nSPS) is 18.1. The number of amides is 2. The highest BCUT2D eigenvalue weighted by molar-refractivity contribution is 6.04. The van der Waals surface area contributed by atoms with Gasteiger partial charge in [-0.2, -0.15) is 5.10 Å². The lowest BCUT2D eigenvalue weighted by Crippen LogP contribution is -2.46. The fourth-order valence-corrected chi connectivity index (χ4v) is 5.59. The minimum Gasteiger partial charge on any atom is -0.454 e. The van der Waals surface area contributed by atoms with Crippen molar-refractivity contribution in [3.8, 4) is 11.5 Å². The number of aryl methyl sites for hydroxylation is 2. The van der Waals surface area contributed by atoms with Gasteiger partial charge in [0.2, 0.25) is 6.79 Å². The van der Waals surface area contributed by atoms with Gasteiger partial charge < -0.3 is 19.1 Å². The highest BCUT2D eigenvalue weighted by atomic mass is 19.1. The number of benzene rings is 3. The Kier molecular flexibility index (Phi) is 8.40. The van der Waals surface area contributed by atoms with Gasteiger partial charge in [-0.15, -0.1) is 0 Å². The van der Waals surface area contributed by atoms with Crippen molar-refractivity contribution >= 4 is 17.5 Å². The Morgan fingerprint density at radius 1 is 0.977 bits per heavy atom. The van der Waals surface area contributed by atoms with Crippen LogP contribution in [0.4, 0.5) is 4.39 Å². The Balaban J connectivity index is 1.29. The molecule has 0 spiro atoms. The van der Waals surface area contributed by atoms with Gasteiger partial charge in [0, 0.05) is 38.2 Å². The first-order chi connectivity index (χ1) is 20.9. The van der Waals surface area contributed by atoms with E-state index in [2.05, 4.69) is 30.9 Å². The van der Waals surface area contributed by atoms with E-state index in [1.165, 1.54) is 33.7 Å². The molecule has 1 atom stereocenters. The second-order valence-corrected chi connectivity index (χ2v) is 11.1. The number of hydrazone groups is 1. The van der Waals surface area contributed by atoms with Crippen LogP contribution in [0.2, 0.25) is 0 Å². The van der Waals surface area contributed by atoms with E-state index in [0.717, 1.165) is 35.5 Å². The third-order valence-electron chi connectivity index (χ3n) is 8.26. The number of hydrogen-bond acceptors (Lipinski definition) is 7. The fourth-order valence-electron chi connectivity index (χ4n) is 5.59. The molecule has 0 aliphatic carbocycles. The van der Waals surface area contributed by atoms with Crippen LogP contribution in [-0.4, -0.2) is 85.1 Å². The zero-order chi connectivity index (χ0) is 29.9. The molecule has 3 aromatic carbocycles. The highest BCUT2D eigenvalue weighted by Crippen LogP contribution is 2.39. The maximum Gasteiger partial charge on any atom is 0.262 e. The number of halogens is 1. The van der Waals surface area contributed by atoms with Crippen LogP contribution < -0.4 is 9.47 Å². The predicted octanol–water partition coefficient (Wildman–Crippen LogP) is 4.32. The van der Waals surface area contributed by atoms with Crippen molar-refractivity contribution in [2.75, 3.05) is 52.7 Å². The molecule has 1 fully saturated rings. The SMILES string of the molecule is Cc1ccc(C2=NN(C(=O)CN(CCN3CCOCC3)C(=O)c3cccc(F)c3)[C@H](c3ccc4c(c3)OCO4)C2)cc1C. The number of rotatable bonds is 8. The Morgan fingerprint density at radius 3 is 2.58 bits per heavy atom. The molecule has 3 aliphatic rings. The predicted molar refractivity (Wildman–Crippen MR) is 159 cm³/mol. The average Bonchev–Trinajstić information content (AvgIpc) is 3.68. The summed E-state index contributed by atoms with van der Waals surface area (Å²) in [6, 6.07) is 17.0. The van der Waals surface area contributed by atoms with Gasteiger partial charge >= 0.3 is 0 Å². The minimum atomic E-state index is -0.504. The summed E-state index contributed by atoms with van der Waals surface area (Å²) in [7, 11) is 0. The Morgan fingerprint density at radius 2 is 1.79 bits per heavy atom. The quantitative estimate of drug-likeness (QED) is 0.391. The maximum atomic E-state index is 14.1. The molecule has 3 heterocycles. The molecule has 0 aromatic heterocycles. The second-order valence-electron chi connectivity index (χ2n) is 11.1. The van der Waals surface area contributed by atoms with Crippen molar-refractivity contribution in [3.05, 3.63) is 94.3 Å². The van der Waals surface area contributed by atoms with Gasteiger partial charge in [0.15, 0.2) is 11.5 Å². The number of hydrogen-bond donors (Lipinski definition) is 0. The van der Waals surface area contributed by atoms with E-state index in [4.69, 9.17) is 19.3 Å². The molecule has 0 radical (unpaired) electrons. The summed E-state index contributed by atoms with van der Waals surface area (Å²) in [5, 5.41) is 6.32. The zero-order valence-electron chi connectivity index (χ0n) is 24.4. The van der Waals surface area contributed by atoms with Crippen LogP contribution in [0.1, 0.15) is 45.1 Å². The van der Waals surface area contributed by atoms with Crippen LogP contribution in [0.25, 0.3) is 0 Å². The molecule has 0 saturated carbocycles. The van der Waals surface area contributed by atoms with Crippen molar-refractivity contribution in [1.29, 1.82) is 0 Å². The number of nitrogens with zero attached hydrogens (tertiary/aromatic N) is 4. The van der Waals surface area contributed by atoms with Gasteiger partial charge in [-0.3, -0.25) is 14.5 Å². The van der Waals surface area contributed by atoms with E-state index in [1.807, 2.05) is 24.3 Å². The summed E-state index contributed by atoms with van der Waals surface area (Å²) in [6.07, 6.45) is 0.500. The van der Waals surface area contributed by atoms with E-state index < -0.39 is 17.8 Å². The number of morpholine rings is 1. The summed E-state index contributed by atoms with van der Waals surface area (Å²) >= 11 is 0. The van der Waals surface area contributed by atoms with Crippen molar-refractivity contribution < 1.29 is 28.2 Å². The van der Waals surface area contributed by atoms with Crippen molar-refractivity contribution in [2.24, 2.45) is 5.10 Å². The summed E-state index contributed by atoms with van der Waals surface area (Å²) < 4.78 is 30.6. The monoisotopic (exact) mass is 586 g/mol. The highest BCUT2D eigenvalue weighted by Gasteiger charge is 2.35. The average molecular weight is 587 g/mol. The molecule has 6 rings (SSSR count). The van der Waals surface area contributed by atoms with Crippen LogP contribution >= 0.6 is 0 Å². The third-order valence-corrected chi connectivity index (χ3v) is 8.26. The Labute approximate surface area is 250 Å². The van der Waals surface area contributed by atoms with Gasteiger partial charge in [-0.25, -0.2) is 9.40 Å². The van der Waals surface area contributed by atoms with Crippen LogP contribution in [-0.2, 0) is 9.53 Å². The van der Waals surface area contributed by atoms with Crippen molar-refractivity contribution in [2.45, 2.75) is 26.3 Å². The fraction of sp³-hybridized carbons (Fsp3) is 0.364. The molecule has 2 amide bonds. The largest absolute Gasteiger partial charge is 0.454 e. The van der Waals surface area contributed by atoms with Gasteiger partial charge in [0.25, 0.3) is 11.8 Å². The van der Waals surface area contributed by atoms with Crippen LogP contribution in [0.15, 0.2) is 65.8 Å². The summed E-state index contributed by atoms with van der Waals surface area (Å²) in [5.41, 5.74) is 5.10. The minimum absolute atomic E-state index is 0.150. The molecule has 0 N–H and O–H groups in total. The van der Waals surface area contributed by atoms with Gasteiger partial charge in [-0.05, 0) is 72.5 Å². The topological polar surface area (TPSA) is 83.9 Å². The first-order valence-electron chi connectivity index (χ1n) is 14.6. The lowest BCUT2D eigenvalue weighted by molar-refractivity contribution is -0.133. The lowest BCUT2D eigenvalue weighted by atomic mass is 9.96.